The summed E-state index contributed by atoms with van der Waals surface area (Å²) in [6, 6.07) is 10.8. The molecule has 0 aliphatic heterocycles. The number of ether oxygens (including phenoxy) is 3. The Morgan fingerprint density at radius 1 is 0.966 bits per heavy atom. The average Bonchev–Trinajstić information content (AvgIpc) is 2.73. The van der Waals surface area contributed by atoms with E-state index in [1.54, 1.807) is 7.11 Å². The van der Waals surface area contributed by atoms with E-state index in [4.69, 9.17) is 14.2 Å². The van der Waals surface area contributed by atoms with E-state index in [0.717, 1.165) is 11.3 Å². The number of nitrogens with one attached hydrogen (secondary N) is 2. The molecule has 0 bridgehead atoms. The summed E-state index contributed by atoms with van der Waals surface area (Å²) in [5, 5.41) is 2.73. The van der Waals surface area contributed by atoms with Crippen LogP contribution < -0.4 is 24.2 Å². The van der Waals surface area contributed by atoms with Crippen LogP contribution in [0.2, 0.25) is 0 Å². The van der Waals surface area contributed by atoms with Crippen LogP contribution in [0.5, 0.6) is 17.2 Å². The minimum atomic E-state index is -3.91. The van der Waals surface area contributed by atoms with E-state index in [2.05, 4.69) is 10.0 Å². The molecule has 2 aromatic carbocycles. The molecule has 9 heteroatoms. The van der Waals surface area contributed by atoms with Crippen molar-refractivity contribution in [2.24, 2.45) is 0 Å². The molecule has 1 amide bonds. The van der Waals surface area contributed by atoms with Crippen LogP contribution >= 0.6 is 0 Å². The van der Waals surface area contributed by atoms with Gasteiger partial charge in [-0.15, -0.1) is 0 Å². The molecule has 29 heavy (non-hydrogen) atoms. The van der Waals surface area contributed by atoms with E-state index >= 15 is 0 Å². The second-order valence-electron chi connectivity index (χ2n) is 6.25. The highest BCUT2D eigenvalue weighted by atomic mass is 32.2. The van der Waals surface area contributed by atoms with E-state index in [1.165, 1.54) is 39.3 Å². The maximum atomic E-state index is 12.6. The number of rotatable bonds is 10. The second kappa shape index (κ2) is 10.1. The van der Waals surface area contributed by atoms with E-state index in [9.17, 15) is 13.2 Å². The highest BCUT2D eigenvalue weighted by Crippen LogP contribution is 2.29. The fraction of sp³-hybridized carbons (Fsp3) is 0.350. The fourth-order valence-corrected chi connectivity index (χ4v) is 3.83. The van der Waals surface area contributed by atoms with Crippen molar-refractivity contribution in [3.8, 4) is 17.2 Å². The van der Waals surface area contributed by atoms with Crippen molar-refractivity contribution >= 4 is 15.9 Å². The number of benzene rings is 2. The quantitative estimate of drug-likeness (QED) is 0.605. The average molecular weight is 423 g/mol. The molecule has 2 N–H and O–H groups in total. The summed E-state index contributed by atoms with van der Waals surface area (Å²) in [6.45, 7) is 1.87. The van der Waals surface area contributed by atoms with Gasteiger partial charge in [-0.1, -0.05) is 12.1 Å². The maximum Gasteiger partial charge on any atom is 0.241 e. The molecule has 2 rings (SSSR count). The predicted octanol–water partition coefficient (Wildman–Crippen LogP) is 1.74. The van der Waals surface area contributed by atoms with Crippen molar-refractivity contribution < 1.29 is 27.4 Å². The number of hydrogen-bond acceptors (Lipinski definition) is 6. The SMILES string of the molecule is COc1ccc(CCNC(=O)[C@H](C)NS(=O)(=O)c2ccc(OC)c(OC)c2)cc1. The van der Waals surface area contributed by atoms with Crippen molar-refractivity contribution in [2.45, 2.75) is 24.3 Å². The van der Waals surface area contributed by atoms with Gasteiger partial charge in [-0.05, 0) is 43.2 Å². The molecule has 0 heterocycles. The van der Waals surface area contributed by atoms with Crippen molar-refractivity contribution in [3.05, 3.63) is 48.0 Å². The van der Waals surface area contributed by atoms with Crippen molar-refractivity contribution in [3.63, 3.8) is 0 Å². The summed E-state index contributed by atoms with van der Waals surface area (Å²) in [5.41, 5.74) is 1.03. The summed E-state index contributed by atoms with van der Waals surface area (Å²) >= 11 is 0. The van der Waals surface area contributed by atoms with Gasteiger partial charge in [0.2, 0.25) is 15.9 Å². The van der Waals surface area contributed by atoms with Gasteiger partial charge in [0, 0.05) is 12.6 Å². The van der Waals surface area contributed by atoms with Gasteiger partial charge in [-0.2, -0.15) is 4.72 Å². The number of amides is 1. The predicted molar refractivity (Wildman–Crippen MR) is 109 cm³/mol. The van der Waals surface area contributed by atoms with E-state index in [0.29, 0.717) is 18.7 Å². The Balaban J connectivity index is 1.93. The molecule has 8 nitrogen and oxygen atoms in total. The van der Waals surface area contributed by atoms with Gasteiger partial charge in [0.1, 0.15) is 5.75 Å². The van der Waals surface area contributed by atoms with Crippen LogP contribution in [0.15, 0.2) is 47.4 Å². The van der Waals surface area contributed by atoms with Crippen molar-refractivity contribution in [2.75, 3.05) is 27.9 Å². The van der Waals surface area contributed by atoms with Gasteiger partial charge in [-0.25, -0.2) is 8.42 Å². The zero-order valence-corrected chi connectivity index (χ0v) is 17.7. The van der Waals surface area contributed by atoms with Gasteiger partial charge in [0.25, 0.3) is 0 Å². The normalized spacial score (nSPS) is 12.1. The maximum absolute atomic E-state index is 12.6. The van der Waals surface area contributed by atoms with E-state index in [-0.39, 0.29) is 10.6 Å². The third kappa shape index (κ3) is 6.10. The third-order valence-electron chi connectivity index (χ3n) is 4.26. The highest BCUT2D eigenvalue weighted by Gasteiger charge is 2.23. The summed E-state index contributed by atoms with van der Waals surface area (Å²) in [5.74, 6) is 1.04. The number of hydrogen-bond donors (Lipinski definition) is 2. The van der Waals surface area contributed by atoms with Gasteiger partial charge in [-0.3, -0.25) is 4.79 Å². The molecule has 0 fully saturated rings. The Hall–Kier alpha value is -2.78. The van der Waals surface area contributed by atoms with Crippen LogP contribution in [-0.4, -0.2) is 48.2 Å². The fourth-order valence-electron chi connectivity index (χ4n) is 2.61. The summed E-state index contributed by atoms with van der Waals surface area (Å²) < 4.78 is 42.9. The van der Waals surface area contributed by atoms with Crippen LogP contribution in [0, 0.1) is 0 Å². The Morgan fingerprint density at radius 2 is 1.62 bits per heavy atom. The minimum Gasteiger partial charge on any atom is -0.497 e. The molecule has 0 radical (unpaired) electrons. The van der Waals surface area contributed by atoms with Gasteiger partial charge in [0.15, 0.2) is 11.5 Å². The standard InChI is InChI=1S/C20H26N2O6S/c1-14(20(23)21-12-11-15-5-7-16(26-2)8-6-15)22-29(24,25)17-9-10-18(27-3)19(13-17)28-4/h5-10,13-14,22H,11-12H2,1-4H3,(H,21,23)/t14-/m0/s1. The Bertz CT molecular complexity index is 928. The number of methoxy groups -OCH3 is 3. The van der Waals surface area contributed by atoms with Crippen LogP contribution in [-0.2, 0) is 21.2 Å². The first kappa shape index (κ1) is 22.5. The van der Waals surface area contributed by atoms with E-state index in [1.807, 2.05) is 24.3 Å². The lowest BCUT2D eigenvalue weighted by Crippen LogP contribution is -2.45. The van der Waals surface area contributed by atoms with Crippen molar-refractivity contribution in [1.82, 2.24) is 10.0 Å². The van der Waals surface area contributed by atoms with Crippen LogP contribution in [0.3, 0.4) is 0 Å². The lowest BCUT2D eigenvalue weighted by molar-refractivity contribution is -0.122. The van der Waals surface area contributed by atoms with Crippen LogP contribution in [0.25, 0.3) is 0 Å². The van der Waals surface area contributed by atoms with Gasteiger partial charge < -0.3 is 19.5 Å². The topological polar surface area (TPSA) is 103 Å². The van der Waals surface area contributed by atoms with Crippen LogP contribution in [0.1, 0.15) is 12.5 Å². The molecule has 0 aliphatic rings. The Kier molecular flexibility index (Phi) is 7.86. The molecule has 2 aromatic rings. The van der Waals surface area contributed by atoms with Gasteiger partial charge in [0.05, 0.1) is 32.3 Å². The Labute approximate surface area is 171 Å². The zero-order chi connectivity index (χ0) is 21.4. The number of carbonyl (C=O) groups is 1. The first-order chi connectivity index (χ1) is 13.8. The molecular weight excluding hydrogens is 396 g/mol. The van der Waals surface area contributed by atoms with Crippen LogP contribution in [0.4, 0.5) is 0 Å². The number of sulfonamides is 1. The molecule has 158 valence electrons. The van der Waals surface area contributed by atoms with E-state index < -0.39 is 22.0 Å². The molecule has 0 spiro atoms. The second-order valence-corrected chi connectivity index (χ2v) is 7.96. The summed E-state index contributed by atoms with van der Waals surface area (Å²) in [6.07, 6.45) is 0.616. The summed E-state index contributed by atoms with van der Waals surface area (Å²) in [4.78, 5) is 12.2. The molecule has 0 unspecified atom stereocenters. The first-order valence-electron chi connectivity index (χ1n) is 8.95. The lowest BCUT2D eigenvalue weighted by atomic mass is 10.1. The molecule has 0 aromatic heterocycles. The molecule has 0 saturated heterocycles. The monoisotopic (exact) mass is 422 g/mol. The van der Waals surface area contributed by atoms with Crippen molar-refractivity contribution in [1.29, 1.82) is 0 Å². The number of carbonyl (C=O) groups excluding carboxylic acids is 1. The summed E-state index contributed by atoms with van der Waals surface area (Å²) in [7, 11) is 0.568. The van der Waals surface area contributed by atoms with Gasteiger partial charge >= 0.3 is 0 Å². The molecular formula is C20H26N2O6S. The minimum absolute atomic E-state index is 0.0203. The first-order valence-corrected chi connectivity index (χ1v) is 10.4. The largest absolute Gasteiger partial charge is 0.497 e. The third-order valence-corrected chi connectivity index (χ3v) is 5.80. The molecule has 1 atom stereocenters. The zero-order valence-electron chi connectivity index (χ0n) is 16.9. The smallest absolute Gasteiger partial charge is 0.241 e. The lowest BCUT2D eigenvalue weighted by Gasteiger charge is -2.15. The Morgan fingerprint density at radius 3 is 2.21 bits per heavy atom. The molecule has 0 saturated carbocycles. The highest BCUT2D eigenvalue weighted by molar-refractivity contribution is 7.89. The molecule has 0 aliphatic carbocycles.